The van der Waals surface area contributed by atoms with E-state index in [4.69, 9.17) is 38.1 Å². The van der Waals surface area contributed by atoms with E-state index in [9.17, 15) is 5.11 Å². The van der Waals surface area contributed by atoms with Crippen molar-refractivity contribution in [2.24, 2.45) is 0 Å². The molecular formula is C42H48N4O8. The molecule has 0 atom stereocenters. The molecule has 284 valence electrons. The third-order valence-electron chi connectivity index (χ3n) is 9.77. The second kappa shape index (κ2) is 17.3. The standard InChI is InChI=1S/C42H48N4O8/c1-48-34-23-32(22-33(47)24-34)46(26-28-9-13-44-36(17-28)30-20-39(51-4)42(54-7)40(21-30)52-5)31-10-14-45(15-11-31)25-27-8-12-43-35(16-27)29-18-37(49-2)41(53-6)38(19-29)50-3/h8-9,12-13,16-24,31,47H,10-11,14-15,25-26H2,1-7H3. The molecule has 0 aliphatic carbocycles. The second-order valence-electron chi connectivity index (χ2n) is 13.0. The summed E-state index contributed by atoms with van der Waals surface area (Å²) in [6.45, 7) is 3.17. The zero-order valence-electron chi connectivity index (χ0n) is 31.9. The Labute approximate surface area is 316 Å². The maximum absolute atomic E-state index is 10.7. The predicted octanol–water partition coefficient (Wildman–Crippen LogP) is 7.25. The van der Waals surface area contributed by atoms with E-state index in [1.165, 1.54) is 0 Å². The van der Waals surface area contributed by atoms with E-state index in [1.807, 2.05) is 48.8 Å². The zero-order valence-corrected chi connectivity index (χ0v) is 31.9. The highest BCUT2D eigenvalue weighted by atomic mass is 16.5. The number of pyridine rings is 2. The Morgan fingerprint density at radius 1 is 0.611 bits per heavy atom. The van der Waals surface area contributed by atoms with Gasteiger partial charge in [0, 0.05) is 79.6 Å². The van der Waals surface area contributed by atoms with Crippen LogP contribution in [0.2, 0.25) is 0 Å². The average Bonchev–Trinajstić information content (AvgIpc) is 3.21. The highest BCUT2D eigenvalue weighted by Crippen LogP contribution is 2.42. The predicted molar refractivity (Wildman–Crippen MR) is 208 cm³/mol. The van der Waals surface area contributed by atoms with Gasteiger partial charge < -0.3 is 43.2 Å². The van der Waals surface area contributed by atoms with Crippen LogP contribution >= 0.6 is 0 Å². The van der Waals surface area contributed by atoms with E-state index in [-0.39, 0.29) is 11.8 Å². The molecule has 0 amide bonds. The summed E-state index contributed by atoms with van der Waals surface area (Å²) in [5.74, 6) is 4.11. The van der Waals surface area contributed by atoms with Gasteiger partial charge in [-0.1, -0.05) is 0 Å². The number of ether oxygens (including phenoxy) is 7. The number of phenols is 1. The molecule has 0 unspecified atom stereocenters. The van der Waals surface area contributed by atoms with Crippen LogP contribution in [0.1, 0.15) is 24.0 Å². The molecule has 1 N–H and O–H groups in total. The van der Waals surface area contributed by atoms with Crippen LogP contribution in [0.3, 0.4) is 0 Å². The summed E-state index contributed by atoms with van der Waals surface area (Å²) < 4.78 is 39.0. The molecule has 0 saturated carbocycles. The van der Waals surface area contributed by atoms with Gasteiger partial charge in [-0.05, 0) is 72.5 Å². The van der Waals surface area contributed by atoms with Gasteiger partial charge in [-0.3, -0.25) is 14.9 Å². The third kappa shape index (κ3) is 8.34. The quantitative estimate of drug-likeness (QED) is 0.117. The van der Waals surface area contributed by atoms with E-state index in [0.29, 0.717) is 46.8 Å². The summed E-state index contributed by atoms with van der Waals surface area (Å²) in [4.78, 5) is 14.2. The first-order valence-electron chi connectivity index (χ1n) is 17.7. The first-order valence-corrected chi connectivity index (χ1v) is 17.7. The van der Waals surface area contributed by atoms with Crippen molar-refractivity contribution in [2.75, 3.05) is 67.8 Å². The van der Waals surface area contributed by atoms with Crippen LogP contribution in [0.15, 0.2) is 79.1 Å². The number of methoxy groups -OCH3 is 7. The summed E-state index contributed by atoms with van der Waals surface area (Å²) in [5, 5.41) is 10.7. The molecule has 6 rings (SSSR count). The lowest BCUT2D eigenvalue weighted by Crippen LogP contribution is -2.44. The van der Waals surface area contributed by atoms with Crippen molar-refractivity contribution in [1.82, 2.24) is 14.9 Å². The minimum atomic E-state index is 0.153. The number of benzene rings is 3. The van der Waals surface area contributed by atoms with Crippen LogP contribution in [0.25, 0.3) is 22.5 Å². The van der Waals surface area contributed by atoms with Gasteiger partial charge in [-0.15, -0.1) is 0 Å². The van der Waals surface area contributed by atoms with Crippen molar-refractivity contribution in [3.63, 3.8) is 0 Å². The summed E-state index contributed by atoms with van der Waals surface area (Å²) in [6.07, 6.45) is 5.51. The molecule has 1 aliphatic rings. The fourth-order valence-electron chi connectivity index (χ4n) is 7.05. The number of piperidine rings is 1. The molecule has 0 spiro atoms. The number of anilines is 1. The first kappa shape index (κ1) is 37.9. The van der Waals surface area contributed by atoms with Gasteiger partial charge in [0.15, 0.2) is 23.0 Å². The summed E-state index contributed by atoms with van der Waals surface area (Å²) >= 11 is 0. The lowest BCUT2D eigenvalue weighted by atomic mass is 9.99. The molecule has 12 nitrogen and oxygen atoms in total. The Morgan fingerprint density at radius 2 is 1.11 bits per heavy atom. The average molecular weight is 737 g/mol. The summed E-state index contributed by atoms with van der Waals surface area (Å²) in [7, 11) is 11.2. The minimum Gasteiger partial charge on any atom is -0.508 e. The Bertz CT molecular complexity index is 2000. The van der Waals surface area contributed by atoms with Crippen LogP contribution in [0, 0.1) is 0 Å². The molecule has 1 saturated heterocycles. The van der Waals surface area contributed by atoms with E-state index in [2.05, 4.69) is 33.0 Å². The molecule has 0 radical (unpaired) electrons. The third-order valence-corrected chi connectivity index (χ3v) is 9.77. The fourth-order valence-corrected chi connectivity index (χ4v) is 7.05. The topological polar surface area (TPSA) is 117 Å². The van der Waals surface area contributed by atoms with Crippen LogP contribution in [-0.2, 0) is 13.1 Å². The van der Waals surface area contributed by atoms with Gasteiger partial charge in [-0.2, -0.15) is 0 Å². The van der Waals surface area contributed by atoms with Crippen molar-refractivity contribution in [2.45, 2.75) is 32.0 Å². The van der Waals surface area contributed by atoms with Crippen molar-refractivity contribution < 1.29 is 38.3 Å². The highest BCUT2D eigenvalue weighted by molar-refractivity contribution is 5.70. The summed E-state index contributed by atoms with van der Waals surface area (Å²) in [5.41, 5.74) is 6.45. The van der Waals surface area contributed by atoms with Crippen molar-refractivity contribution in [3.8, 4) is 68.5 Å². The van der Waals surface area contributed by atoms with E-state index in [1.54, 1.807) is 61.9 Å². The SMILES string of the molecule is COc1cc(O)cc(N(Cc2ccnc(-c3cc(OC)c(OC)c(OC)c3)c2)C2CCN(Cc3ccnc(-c4cc(OC)c(OC)c(OC)c4)c3)CC2)c1. The molecule has 12 heteroatoms. The van der Waals surface area contributed by atoms with Crippen molar-refractivity contribution >= 4 is 5.69 Å². The molecule has 3 heterocycles. The number of hydrogen-bond acceptors (Lipinski definition) is 12. The van der Waals surface area contributed by atoms with Crippen LogP contribution in [-0.4, -0.2) is 88.9 Å². The fraction of sp³-hybridized carbons (Fsp3) is 0.333. The Hall–Kier alpha value is -5.88. The molecule has 1 fully saturated rings. The molecule has 54 heavy (non-hydrogen) atoms. The highest BCUT2D eigenvalue weighted by Gasteiger charge is 2.27. The number of nitrogens with zero attached hydrogens (tertiary/aromatic N) is 4. The molecule has 1 aliphatic heterocycles. The van der Waals surface area contributed by atoms with Crippen LogP contribution in [0.5, 0.6) is 46.0 Å². The monoisotopic (exact) mass is 736 g/mol. The number of aromatic nitrogens is 2. The first-order chi connectivity index (χ1) is 26.3. The second-order valence-corrected chi connectivity index (χ2v) is 13.0. The normalized spacial score (nSPS) is 13.2. The number of likely N-dealkylation sites (tertiary alicyclic amines) is 1. The van der Waals surface area contributed by atoms with Gasteiger partial charge in [0.1, 0.15) is 11.5 Å². The Kier molecular flexibility index (Phi) is 12.1. The largest absolute Gasteiger partial charge is 0.508 e. The Balaban J connectivity index is 1.22. The van der Waals surface area contributed by atoms with Crippen LogP contribution in [0.4, 0.5) is 5.69 Å². The molecule has 5 aromatic rings. The lowest BCUT2D eigenvalue weighted by Gasteiger charge is -2.40. The molecule has 2 aromatic heterocycles. The van der Waals surface area contributed by atoms with E-state index < -0.39 is 0 Å². The van der Waals surface area contributed by atoms with Gasteiger partial charge in [-0.25, -0.2) is 0 Å². The number of phenolic OH excluding ortho intramolecular Hbond substituents is 1. The van der Waals surface area contributed by atoms with Gasteiger partial charge in [0.25, 0.3) is 0 Å². The van der Waals surface area contributed by atoms with Gasteiger partial charge in [0.2, 0.25) is 11.5 Å². The number of hydrogen-bond donors (Lipinski definition) is 1. The lowest BCUT2D eigenvalue weighted by molar-refractivity contribution is 0.201. The minimum absolute atomic E-state index is 0.153. The number of rotatable bonds is 15. The maximum atomic E-state index is 10.7. The molecular weight excluding hydrogens is 688 g/mol. The van der Waals surface area contributed by atoms with E-state index >= 15 is 0 Å². The smallest absolute Gasteiger partial charge is 0.203 e. The van der Waals surface area contributed by atoms with Crippen molar-refractivity contribution in [3.05, 3.63) is 90.3 Å². The molecule has 3 aromatic carbocycles. The van der Waals surface area contributed by atoms with Crippen molar-refractivity contribution in [1.29, 1.82) is 0 Å². The van der Waals surface area contributed by atoms with Crippen LogP contribution < -0.4 is 38.1 Å². The Morgan fingerprint density at radius 3 is 1.59 bits per heavy atom. The van der Waals surface area contributed by atoms with E-state index in [0.717, 1.165) is 71.8 Å². The number of aromatic hydroxyl groups is 1. The maximum Gasteiger partial charge on any atom is 0.203 e. The van der Waals surface area contributed by atoms with Gasteiger partial charge >= 0.3 is 0 Å². The zero-order chi connectivity index (χ0) is 38.2. The summed E-state index contributed by atoms with van der Waals surface area (Å²) in [6, 6.07) is 21.5. The van der Waals surface area contributed by atoms with Gasteiger partial charge in [0.05, 0.1) is 61.2 Å². The molecule has 0 bridgehead atoms.